The van der Waals surface area contributed by atoms with E-state index in [1.807, 2.05) is 24.3 Å². The summed E-state index contributed by atoms with van der Waals surface area (Å²) in [6.07, 6.45) is -0.254. The van der Waals surface area contributed by atoms with Crippen LogP contribution in [0.1, 0.15) is 18.7 Å². The second-order valence-corrected chi connectivity index (χ2v) is 7.12. The van der Waals surface area contributed by atoms with E-state index in [4.69, 9.17) is 9.47 Å². The Morgan fingerprint density at radius 2 is 2.00 bits per heavy atom. The molecule has 154 valence electrons. The molecule has 4 rings (SSSR count). The first kappa shape index (κ1) is 19.5. The minimum Gasteiger partial charge on any atom is -0.497 e. The Labute approximate surface area is 166 Å². The molecule has 0 saturated carbocycles. The van der Waals surface area contributed by atoms with E-state index >= 15 is 0 Å². The van der Waals surface area contributed by atoms with Crippen LogP contribution >= 0.6 is 0 Å². The number of nitrogens with zero attached hydrogens (tertiary/aromatic N) is 4. The lowest BCUT2D eigenvalue weighted by molar-refractivity contribution is -0.0804. The Balaban J connectivity index is 1.58. The lowest BCUT2D eigenvalue weighted by Crippen LogP contribution is -2.46. The van der Waals surface area contributed by atoms with Gasteiger partial charge in [-0.1, -0.05) is 12.1 Å². The maximum Gasteiger partial charge on any atom is 0.167 e. The van der Waals surface area contributed by atoms with E-state index in [1.54, 1.807) is 7.11 Å². The van der Waals surface area contributed by atoms with E-state index in [-0.39, 0.29) is 0 Å². The Morgan fingerprint density at radius 3 is 2.66 bits per heavy atom. The van der Waals surface area contributed by atoms with Crippen molar-refractivity contribution in [3.05, 3.63) is 42.5 Å². The van der Waals surface area contributed by atoms with Gasteiger partial charge in [0.05, 0.1) is 20.0 Å². The van der Waals surface area contributed by atoms with Gasteiger partial charge in [-0.2, -0.15) is 0 Å². The van der Waals surface area contributed by atoms with Crippen LogP contribution in [0.25, 0.3) is 11.2 Å². The molecule has 29 heavy (non-hydrogen) atoms. The zero-order chi connectivity index (χ0) is 20.6. The molecule has 1 aliphatic rings. The highest BCUT2D eigenvalue weighted by atomic mass is 16.6. The van der Waals surface area contributed by atoms with Crippen molar-refractivity contribution in [1.29, 1.82) is 0 Å². The first-order chi connectivity index (χ1) is 14.0. The summed E-state index contributed by atoms with van der Waals surface area (Å²) in [6, 6.07) is 7.65. The zero-order valence-electron chi connectivity index (χ0n) is 16.1. The van der Waals surface area contributed by atoms with Crippen LogP contribution in [-0.4, -0.2) is 66.4 Å². The van der Waals surface area contributed by atoms with Crippen molar-refractivity contribution in [1.82, 2.24) is 19.5 Å². The molecular weight excluding hydrogens is 378 g/mol. The van der Waals surface area contributed by atoms with Gasteiger partial charge in [0.2, 0.25) is 0 Å². The maximum absolute atomic E-state index is 10.5. The lowest BCUT2D eigenvalue weighted by atomic mass is 9.95. The summed E-state index contributed by atoms with van der Waals surface area (Å²) >= 11 is 0. The molecule has 0 amide bonds. The predicted molar refractivity (Wildman–Crippen MR) is 103 cm³/mol. The number of imidazole rings is 1. The number of rotatable bonds is 6. The SMILES string of the molecule is COc1ccc(CNc2ncnc3c2ncn3[C@@H]2O[C@H](CO)[C@@](C)(O)C2O)cc1. The van der Waals surface area contributed by atoms with Gasteiger partial charge in [0, 0.05) is 6.54 Å². The average Bonchev–Trinajstić information content (AvgIpc) is 3.26. The smallest absolute Gasteiger partial charge is 0.167 e. The third kappa shape index (κ3) is 3.40. The van der Waals surface area contributed by atoms with Crippen LogP contribution in [0.15, 0.2) is 36.9 Å². The largest absolute Gasteiger partial charge is 0.497 e. The molecule has 0 aliphatic carbocycles. The molecular formula is C19H23N5O5. The van der Waals surface area contributed by atoms with Crippen molar-refractivity contribution in [2.75, 3.05) is 19.0 Å². The minimum atomic E-state index is -1.60. The summed E-state index contributed by atoms with van der Waals surface area (Å²) in [5, 5.41) is 33.6. The van der Waals surface area contributed by atoms with Gasteiger partial charge in [0.15, 0.2) is 23.2 Å². The lowest BCUT2D eigenvalue weighted by Gasteiger charge is -2.25. The van der Waals surface area contributed by atoms with Gasteiger partial charge in [-0.3, -0.25) is 4.57 Å². The molecule has 1 aliphatic heterocycles. The van der Waals surface area contributed by atoms with Gasteiger partial charge in [0.1, 0.15) is 29.9 Å². The number of aliphatic hydroxyl groups excluding tert-OH is 2. The normalized spacial score (nSPS) is 26.7. The predicted octanol–water partition coefficient (Wildman–Crippen LogP) is 0.449. The number of hydrogen-bond acceptors (Lipinski definition) is 9. The summed E-state index contributed by atoms with van der Waals surface area (Å²) in [7, 11) is 1.62. The number of fused-ring (bicyclic) bond motifs is 1. The number of ether oxygens (including phenoxy) is 2. The average molecular weight is 401 g/mol. The van der Waals surface area contributed by atoms with E-state index < -0.39 is 30.6 Å². The molecule has 10 heteroatoms. The monoisotopic (exact) mass is 401 g/mol. The standard InChI is InChI=1S/C19H23N5O5/c1-19(27)13(8-25)29-18(15(19)26)24-10-23-14-16(21-9-22-17(14)24)20-7-11-3-5-12(28-2)6-4-11/h3-6,9-10,13,15,18,25-27H,7-8H2,1-2H3,(H,20,21,22)/t13-,15?,18-,19-/m1/s1. The van der Waals surface area contributed by atoms with Gasteiger partial charge in [-0.25, -0.2) is 15.0 Å². The van der Waals surface area contributed by atoms with Gasteiger partial charge < -0.3 is 30.1 Å². The molecule has 2 aromatic heterocycles. The van der Waals surface area contributed by atoms with Gasteiger partial charge in [-0.05, 0) is 24.6 Å². The van der Waals surface area contributed by atoms with Crippen molar-refractivity contribution in [3.63, 3.8) is 0 Å². The van der Waals surface area contributed by atoms with Gasteiger partial charge >= 0.3 is 0 Å². The molecule has 4 N–H and O–H groups in total. The van der Waals surface area contributed by atoms with Crippen molar-refractivity contribution in [2.45, 2.75) is 37.5 Å². The highest BCUT2D eigenvalue weighted by Crippen LogP contribution is 2.38. The first-order valence-electron chi connectivity index (χ1n) is 9.16. The maximum atomic E-state index is 10.5. The summed E-state index contributed by atoms with van der Waals surface area (Å²) < 4.78 is 12.4. The van der Waals surface area contributed by atoms with Crippen molar-refractivity contribution in [3.8, 4) is 5.75 Å². The van der Waals surface area contributed by atoms with Crippen LogP contribution < -0.4 is 10.1 Å². The van der Waals surface area contributed by atoms with Gasteiger partial charge in [0.25, 0.3) is 0 Å². The summed E-state index contributed by atoms with van der Waals surface area (Å²) in [6.45, 7) is 1.53. The van der Waals surface area contributed by atoms with Crippen LogP contribution in [-0.2, 0) is 11.3 Å². The van der Waals surface area contributed by atoms with Crippen LogP contribution in [0.5, 0.6) is 5.75 Å². The molecule has 1 fully saturated rings. The number of anilines is 1. The number of aromatic nitrogens is 4. The first-order valence-corrected chi connectivity index (χ1v) is 9.16. The van der Waals surface area contributed by atoms with Crippen LogP contribution in [0.3, 0.4) is 0 Å². The molecule has 1 saturated heterocycles. The Bertz CT molecular complexity index is 990. The molecule has 1 unspecified atom stereocenters. The molecule has 3 aromatic rings. The number of nitrogens with one attached hydrogen (secondary N) is 1. The number of benzene rings is 1. The van der Waals surface area contributed by atoms with Crippen LogP contribution in [0.2, 0.25) is 0 Å². The van der Waals surface area contributed by atoms with Crippen molar-refractivity contribution >= 4 is 17.0 Å². The van der Waals surface area contributed by atoms with E-state index in [1.165, 1.54) is 24.1 Å². The van der Waals surface area contributed by atoms with Crippen molar-refractivity contribution in [2.24, 2.45) is 0 Å². The fourth-order valence-corrected chi connectivity index (χ4v) is 3.40. The molecule has 4 atom stereocenters. The zero-order valence-corrected chi connectivity index (χ0v) is 16.1. The van der Waals surface area contributed by atoms with Crippen LogP contribution in [0.4, 0.5) is 5.82 Å². The number of aliphatic hydroxyl groups is 3. The van der Waals surface area contributed by atoms with Crippen molar-refractivity contribution < 1.29 is 24.8 Å². The molecule has 0 radical (unpaired) electrons. The Kier molecular flexibility index (Phi) is 5.09. The van der Waals surface area contributed by atoms with E-state index in [2.05, 4.69) is 20.3 Å². The Morgan fingerprint density at radius 1 is 1.24 bits per heavy atom. The fourth-order valence-electron chi connectivity index (χ4n) is 3.40. The molecule has 0 spiro atoms. The summed E-state index contributed by atoms with van der Waals surface area (Å²) in [5.41, 5.74) is 0.381. The number of methoxy groups -OCH3 is 1. The minimum absolute atomic E-state index is 0.420. The van der Waals surface area contributed by atoms with Gasteiger partial charge in [-0.15, -0.1) is 0 Å². The molecule has 1 aromatic carbocycles. The highest BCUT2D eigenvalue weighted by Gasteiger charge is 2.52. The Hall–Kier alpha value is -2.79. The highest BCUT2D eigenvalue weighted by molar-refractivity contribution is 5.82. The fraction of sp³-hybridized carbons (Fsp3) is 0.421. The third-order valence-corrected chi connectivity index (χ3v) is 5.24. The second kappa shape index (κ2) is 7.56. The van der Waals surface area contributed by atoms with E-state index in [9.17, 15) is 15.3 Å². The third-order valence-electron chi connectivity index (χ3n) is 5.24. The number of hydrogen-bond donors (Lipinski definition) is 4. The molecule has 10 nitrogen and oxygen atoms in total. The van der Waals surface area contributed by atoms with E-state index in [0.717, 1.165) is 11.3 Å². The van der Waals surface area contributed by atoms with Crippen LogP contribution in [0, 0.1) is 0 Å². The molecule has 3 heterocycles. The topological polar surface area (TPSA) is 135 Å². The quantitative estimate of drug-likeness (QED) is 0.464. The second-order valence-electron chi connectivity index (χ2n) is 7.12. The molecule has 0 bridgehead atoms. The van der Waals surface area contributed by atoms with E-state index in [0.29, 0.717) is 23.5 Å². The summed E-state index contributed by atoms with van der Waals surface area (Å²) in [4.78, 5) is 12.9. The summed E-state index contributed by atoms with van der Waals surface area (Å²) in [5.74, 6) is 1.31.